The van der Waals surface area contributed by atoms with Gasteiger partial charge < -0.3 is 17.7 Å². The summed E-state index contributed by atoms with van der Waals surface area (Å²) in [6.07, 6.45) is 0.896. The number of hydrogen-bond donors (Lipinski definition) is 0. The SMILES string of the molecule is CCCO[Si](OCC)(OCC)Oc1ccccc1. The van der Waals surface area contributed by atoms with Crippen molar-refractivity contribution in [1.29, 1.82) is 0 Å². The molecule has 0 aliphatic heterocycles. The second-order valence-corrected chi connectivity index (χ2v) is 5.70. The molecule has 0 unspecified atom stereocenters. The fraction of sp³-hybridized carbons (Fsp3) is 0.538. The van der Waals surface area contributed by atoms with Crippen molar-refractivity contribution >= 4 is 9.05 Å². The van der Waals surface area contributed by atoms with Crippen LogP contribution in [0, 0.1) is 0 Å². The molecular weight excluding hydrogens is 248 g/mol. The van der Waals surface area contributed by atoms with Crippen LogP contribution in [0.2, 0.25) is 0 Å². The first kappa shape index (κ1) is 15.2. The zero-order chi connectivity index (χ0) is 13.3. The van der Waals surface area contributed by atoms with Crippen LogP contribution < -0.4 is 4.43 Å². The molecule has 18 heavy (non-hydrogen) atoms. The number of para-hydroxylation sites is 1. The van der Waals surface area contributed by atoms with Crippen molar-refractivity contribution in [1.82, 2.24) is 0 Å². The predicted molar refractivity (Wildman–Crippen MR) is 72.3 cm³/mol. The third-order valence-corrected chi connectivity index (χ3v) is 4.44. The van der Waals surface area contributed by atoms with E-state index in [-0.39, 0.29) is 0 Å². The van der Waals surface area contributed by atoms with Gasteiger partial charge in [-0.1, -0.05) is 25.1 Å². The lowest BCUT2D eigenvalue weighted by Crippen LogP contribution is -2.52. The van der Waals surface area contributed by atoms with Gasteiger partial charge in [-0.25, -0.2) is 0 Å². The number of benzene rings is 1. The average molecular weight is 270 g/mol. The Labute approximate surface area is 110 Å². The zero-order valence-corrected chi connectivity index (χ0v) is 12.3. The summed E-state index contributed by atoms with van der Waals surface area (Å²) in [6, 6.07) is 9.49. The standard InChI is InChI=1S/C13H22O4Si/c1-4-12-16-18(14-5-2,15-6-3)17-13-10-8-7-9-11-13/h7-11H,4-6,12H2,1-3H3. The van der Waals surface area contributed by atoms with Crippen LogP contribution in [0.15, 0.2) is 30.3 Å². The topological polar surface area (TPSA) is 36.9 Å². The molecule has 0 heterocycles. The monoisotopic (exact) mass is 270 g/mol. The molecule has 4 nitrogen and oxygen atoms in total. The van der Waals surface area contributed by atoms with E-state index >= 15 is 0 Å². The largest absolute Gasteiger partial charge is 0.749 e. The Hall–Kier alpha value is -0.883. The average Bonchev–Trinajstić information content (AvgIpc) is 2.38. The Bertz CT molecular complexity index is 312. The van der Waals surface area contributed by atoms with Crippen LogP contribution in [0.4, 0.5) is 0 Å². The van der Waals surface area contributed by atoms with Crippen molar-refractivity contribution in [3.8, 4) is 5.75 Å². The van der Waals surface area contributed by atoms with E-state index in [0.717, 1.165) is 6.42 Å². The maximum Gasteiger partial charge on any atom is 0.749 e. The smallest absolute Gasteiger partial charge is 0.480 e. The minimum absolute atomic E-state index is 0.503. The Kier molecular flexibility index (Phi) is 6.96. The van der Waals surface area contributed by atoms with E-state index < -0.39 is 9.05 Å². The molecule has 0 bridgehead atoms. The van der Waals surface area contributed by atoms with Crippen LogP contribution in [0.1, 0.15) is 27.2 Å². The van der Waals surface area contributed by atoms with Gasteiger partial charge in [0, 0.05) is 19.8 Å². The molecule has 0 aliphatic carbocycles. The molecule has 0 saturated heterocycles. The summed E-state index contributed by atoms with van der Waals surface area (Å²) in [5, 5.41) is 0. The van der Waals surface area contributed by atoms with Gasteiger partial charge in [-0.3, -0.25) is 0 Å². The van der Waals surface area contributed by atoms with Gasteiger partial charge in [0.05, 0.1) is 0 Å². The Morgan fingerprint density at radius 2 is 1.50 bits per heavy atom. The zero-order valence-electron chi connectivity index (χ0n) is 11.3. The Morgan fingerprint density at radius 1 is 0.889 bits per heavy atom. The van der Waals surface area contributed by atoms with E-state index in [9.17, 15) is 0 Å². The lowest BCUT2D eigenvalue weighted by Gasteiger charge is -2.27. The van der Waals surface area contributed by atoms with Gasteiger partial charge in [-0.05, 0) is 32.4 Å². The van der Waals surface area contributed by atoms with Gasteiger partial charge in [0.2, 0.25) is 0 Å². The predicted octanol–water partition coefficient (Wildman–Crippen LogP) is 3.00. The van der Waals surface area contributed by atoms with Crippen LogP contribution in [-0.4, -0.2) is 28.9 Å². The number of rotatable bonds is 9. The third kappa shape index (κ3) is 4.78. The van der Waals surface area contributed by atoms with E-state index in [1.807, 2.05) is 51.1 Å². The lowest BCUT2D eigenvalue weighted by molar-refractivity contribution is 0.00652. The molecule has 1 aromatic carbocycles. The first-order chi connectivity index (χ1) is 8.76. The summed E-state index contributed by atoms with van der Waals surface area (Å²) in [4.78, 5) is 0. The maximum absolute atomic E-state index is 5.86. The van der Waals surface area contributed by atoms with Crippen LogP contribution in [0.5, 0.6) is 5.75 Å². The molecule has 0 saturated carbocycles. The molecule has 0 aliphatic rings. The second kappa shape index (κ2) is 8.26. The van der Waals surface area contributed by atoms with E-state index in [0.29, 0.717) is 25.6 Å². The van der Waals surface area contributed by atoms with Gasteiger partial charge in [0.25, 0.3) is 0 Å². The molecule has 0 spiro atoms. The van der Waals surface area contributed by atoms with E-state index in [1.165, 1.54) is 0 Å². The lowest BCUT2D eigenvalue weighted by atomic mass is 10.3. The highest BCUT2D eigenvalue weighted by Gasteiger charge is 2.47. The minimum atomic E-state index is -3.06. The van der Waals surface area contributed by atoms with Crippen molar-refractivity contribution in [2.24, 2.45) is 0 Å². The minimum Gasteiger partial charge on any atom is -0.480 e. The highest BCUT2D eigenvalue weighted by Crippen LogP contribution is 2.18. The normalized spacial score (nSPS) is 11.5. The molecule has 0 amide bonds. The third-order valence-electron chi connectivity index (χ3n) is 2.11. The molecule has 0 aromatic heterocycles. The van der Waals surface area contributed by atoms with Crippen molar-refractivity contribution < 1.29 is 17.7 Å². The quantitative estimate of drug-likeness (QED) is 0.646. The molecule has 0 N–H and O–H groups in total. The molecule has 0 radical (unpaired) electrons. The molecule has 1 aromatic rings. The van der Waals surface area contributed by atoms with Crippen molar-refractivity contribution in [3.05, 3.63) is 30.3 Å². The van der Waals surface area contributed by atoms with Gasteiger partial charge in [-0.15, -0.1) is 0 Å². The summed E-state index contributed by atoms with van der Waals surface area (Å²) in [5.74, 6) is 0.710. The molecular formula is C13H22O4Si. The van der Waals surface area contributed by atoms with Gasteiger partial charge in [0.15, 0.2) is 0 Å². The first-order valence-electron chi connectivity index (χ1n) is 6.42. The maximum atomic E-state index is 5.86. The highest BCUT2D eigenvalue weighted by molar-refractivity contribution is 6.54. The van der Waals surface area contributed by atoms with E-state index in [1.54, 1.807) is 0 Å². The summed E-state index contributed by atoms with van der Waals surface area (Å²) < 4.78 is 22.9. The van der Waals surface area contributed by atoms with Gasteiger partial charge in [0.1, 0.15) is 5.75 Å². The highest BCUT2D eigenvalue weighted by atomic mass is 28.4. The molecule has 0 fully saturated rings. The first-order valence-corrected chi connectivity index (χ1v) is 8.05. The van der Waals surface area contributed by atoms with E-state index in [2.05, 4.69) is 0 Å². The van der Waals surface area contributed by atoms with Gasteiger partial charge in [-0.2, -0.15) is 0 Å². The molecule has 5 heteroatoms. The van der Waals surface area contributed by atoms with Crippen molar-refractivity contribution in [2.45, 2.75) is 27.2 Å². The summed E-state index contributed by atoms with van der Waals surface area (Å²) >= 11 is 0. The Morgan fingerprint density at radius 3 is 2.00 bits per heavy atom. The fourth-order valence-electron chi connectivity index (χ4n) is 1.43. The summed E-state index contributed by atoms with van der Waals surface area (Å²) in [6.45, 7) is 7.43. The van der Waals surface area contributed by atoms with Crippen LogP contribution >= 0.6 is 0 Å². The van der Waals surface area contributed by atoms with Crippen molar-refractivity contribution in [2.75, 3.05) is 19.8 Å². The van der Waals surface area contributed by atoms with Crippen LogP contribution in [0.3, 0.4) is 0 Å². The summed E-state index contributed by atoms with van der Waals surface area (Å²) in [7, 11) is -3.06. The molecule has 1 rings (SSSR count). The fourth-order valence-corrected chi connectivity index (χ4v) is 3.44. The van der Waals surface area contributed by atoms with Gasteiger partial charge >= 0.3 is 9.05 Å². The van der Waals surface area contributed by atoms with Crippen molar-refractivity contribution in [3.63, 3.8) is 0 Å². The van der Waals surface area contributed by atoms with Crippen LogP contribution in [-0.2, 0) is 13.3 Å². The number of hydrogen-bond acceptors (Lipinski definition) is 4. The molecule has 102 valence electrons. The second-order valence-electron chi connectivity index (χ2n) is 3.63. The molecule has 0 atom stereocenters. The Balaban J connectivity index is 2.79. The van der Waals surface area contributed by atoms with E-state index in [4.69, 9.17) is 17.7 Å². The van der Waals surface area contributed by atoms with Crippen LogP contribution in [0.25, 0.3) is 0 Å². The summed E-state index contributed by atoms with van der Waals surface area (Å²) in [5.41, 5.74) is 0.